The van der Waals surface area contributed by atoms with E-state index in [1.54, 1.807) is 0 Å². The molecule has 0 saturated heterocycles. The van der Waals surface area contributed by atoms with Crippen LogP contribution in [-0.2, 0) is 4.74 Å². The van der Waals surface area contributed by atoms with Gasteiger partial charge in [-0.25, -0.2) is 0 Å². The molecule has 1 atom stereocenters. The standard InChI is InChI=1S/C8H16O2Si.Li/c1-6-7(9)10-8(6,2)11(3,4)5;/h9H,1-5H3;/q;+1/p-1. The molecular formula is C8H15LiO2Si. The van der Waals surface area contributed by atoms with Crippen LogP contribution in [0.25, 0.3) is 0 Å². The number of hydrogen-bond donors (Lipinski definition) is 0. The summed E-state index contributed by atoms with van der Waals surface area (Å²) in [5.41, 5.74) is 0.900. The molecule has 1 aliphatic heterocycles. The zero-order valence-electron chi connectivity index (χ0n) is 8.82. The van der Waals surface area contributed by atoms with Gasteiger partial charge in [0.1, 0.15) is 0 Å². The summed E-state index contributed by atoms with van der Waals surface area (Å²) in [5.74, 6) is -0.116. The minimum Gasteiger partial charge on any atom is -0.606 e. The zero-order chi connectivity index (χ0) is 8.86. The SMILES string of the molecule is CC1=C([O-])OC1(C)[Si](C)(C)C.[Li+]. The largest absolute Gasteiger partial charge is 1.00 e. The smallest absolute Gasteiger partial charge is 0.606 e. The predicted molar refractivity (Wildman–Crippen MR) is 45.5 cm³/mol. The van der Waals surface area contributed by atoms with Crippen LogP contribution in [0, 0.1) is 0 Å². The van der Waals surface area contributed by atoms with E-state index in [-0.39, 0.29) is 30.0 Å². The van der Waals surface area contributed by atoms with E-state index in [9.17, 15) is 5.11 Å². The maximum absolute atomic E-state index is 10.9. The van der Waals surface area contributed by atoms with E-state index < -0.39 is 8.07 Å². The quantitative estimate of drug-likeness (QED) is 0.446. The minimum absolute atomic E-state index is 0. The fraction of sp³-hybridized carbons (Fsp3) is 0.750. The summed E-state index contributed by atoms with van der Waals surface area (Å²) in [4.78, 5) is 0. The molecule has 0 aromatic heterocycles. The molecule has 0 amide bonds. The summed E-state index contributed by atoms with van der Waals surface area (Å²) in [7, 11) is -1.38. The second-order valence-corrected chi connectivity index (χ2v) is 9.75. The fourth-order valence-electron chi connectivity index (χ4n) is 1.20. The van der Waals surface area contributed by atoms with Crippen molar-refractivity contribution in [2.45, 2.75) is 38.7 Å². The van der Waals surface area contributed by atoms with Gasteiger partial charge >= 0.3 is 18.9 Å². The fourth-order valence-corrected chi connectivity index (χ4v) is 2.83. The zero-order valence-corrected chi connectivity index (χ0v) is 9.82. The Morgan fingerprint density at radius 3 is 1.83 bits per heavy atom. The monoisotopic (exact) mass is 178 g/mol. The van der Waals surface area contributed by atoms with Gasteiger partial charge < -0.3 is 9.84 Å². The first-order chi connectivity index (χ1) is 4.79. The van der Waals surface area contributed by atoms with Crippen LogP contribution in [0.1, 0.15) is 13.8 Å². The van der Waals surface area contributed by atoms with Crippen LogP contribution >= 0.6 is 0 Å². The summed E-state index contributed by atoms with van der Waals surface area (Å²) in [6.45, 7) is 10.5. The maximum atomic E-state index is 10.9. The van der Waals surface area contributed by atoms with Gasteiger partial charge in [-0.05, 0) is 19.4 Å². The van der Waals surface area contributed by atoms with E-state index in [2.05, 4.69) is 19.6 Å². The number of ether oxygens (including phenoxy) is 1. The molecule has 0 spiro atoms. The van der Waals surface area contributed by atoms with Crippen molar-refractivity contribution in [2.24, 2.45) is 0 Å². The van der Waals surface area contributed by atoms with Gasteiger partial charge in [0.05, 0.1) is 14.0 Å². The molecular weight excluding hydrogens is 163 g/mol. The van der Waals surface area contributed by atoms with Gasteiger partial charge in [-0.1, -0.05) is 19.6 Å². The summed E-state index contributed by atoms with van der Waals surface area (Å²) >= 11 is 0. The molecule has 0 aromatic rings. The summed E-state index contributed by atoms with van der Waals surface area (Å²) < 4.78 is 5.19. The molecule has 0 radical (unpaired) electrons. The normalized spacial score (nSPS) is 28.8. The Morgan fingerprint density at radius 2 is 1.75 bits per heavy atom. The van der Waals surface area contributed by atoms with Crippen LogP contribution in [0.3, 0.4) is 0 Å². The predicted octanol–water partition coefficient (Wildman–Crippen LogP) is -1.75. The van der Waals surface area contributed by atoms with Crippen molar-refractivity contribution in [2.75, 3.05) is 0 Å². The number of hydrogen-bond acceptors (Lipinski definition) is 2. The van der Waals surface area contributed by atoms with Gasteiger partial charge in [0.15, 0.2) is 0 Å². The van der Waals surface area contributed by atoms with E-state index in [0.717, 1.165) is 5.57 Å². The molecule has 1 heterocycles. The molecule has 0 bridgehead atoms. The van der Waals surface area contributed by atoms with Crippen molar-refractivity contribution in [3.8, 4) is 0 Å². The van der Waals surface area contributed by atoms with Crippen LogP contribution in [-0.4, -0.2) is 13.3 Å². The second kappa shape index (κ2) is 3.13. The van der Waals surface area contributed by atoms with Gasteiger partial charge in [0, 0.05) is 5.22 Å². The van der Waals surface area contributed by atoms with Crippen molar-refractivity contribution in [3.63, 3.8) is 0 Å². The molecule has 4 heteroatoms. The molecule has 0 aromatic carbocycles. The average Bonchev–Trinajstić information content (AvgIpc) is 1.85. The summed E-state index contributed by atoms with van der Waals surface area (Å²) in [5, 5.41) is 10.7. The van der Waals surface area contributed by atoms with E-state index in [0.29, 0.717) is 0 Å². The van der Waals surface area contributed by atoms with E-state index in [4.69, 9.17) is 4.74 Å². The topological polar surface area (TPSA) is 32.3 Å². The van der Waals surface area contributed by atoms with Gasteiger partial charge in [0.25, 0.3) is 0 Å². The third kappa shape index (κ3) is 1.46. The van der Waals surface area contributed by atoms with Gasteiger partial charge in [-0.15, -0.1) is 0 Å². The molecule has 64 valence electrons. The van der Waals surface area contributed by atoms with Crippen LogP contribution in [0.5, 0.6) is 0 Å². The third-order valence-electron chi connectivity index (χ3n) is 2.75. The van der Waals surface area contributed by atoms with Crippen LogP contribution in [0.15, 0.2) is 11.5 Å². The molecule has 12 heavy (non-hydrogen) atoms. The van der Waals surface area contributed by atoms with Crippen molar-refractivity contribution >= 4 is 8.07 Å². The molecule has 0 aliphatic carbocycles. The summed E-state index contributed by atoms with van der Waals surface area (Å²) in [6.07, 6.45) is 0. The second-order valence-electron chi connectivity index (χ2n) is 4.30. The Kier molecular flexibility index (Phi) is 3.18. The molecule has 1 aliphatic rings. The van der Waals surface area contributed by atoms with Crippen molar-refractivity contribution in [1.82, 2.24) is 0 Å². The van der Waals surface area contributed by atoms with Crippen LogP contribution in [0.2, 0.25) is 19.6 Å². The Hall–Kier alpha value is 0.154. The third-order valence-corrected chi connectivity index (χ3v) is 6.09. The molecule has 0 saturated carbocycles. The van der Waals surface area contributed by atoms with Crippen LogP contribution in [0.4, 0.5) is 0 Å². The molecule has 1 unspecified atom stereocenters. The average molecular weight is 178 g/mol. The van der Waals surface area contributed by atoms with Crippen molar-refractivity contribution < 1.29 is 28.7 Å². The maximum Gasteiger partial charge on any atom is 1.00 e. The van der Waals surface area contributed by atoms with Gasteiger partial charge in [0.2, 0.25) is 0 Å². The van der Waals surface area contributed by atoms with Gasteiger partial charge in [-0.2, -0.15) is 0 Å². The Bertz CT molecular complexity index is 220. The van der Waals surface area contributed by atoms with E-state index in [1.165, 1.54) is 0 Å². The van der Waals surface area contributed by atoms with E-state index >= 15 is 0 Å². The molecule has 1 rings (SSSR count). The molecule has 2 nitrogen and oxygen atoms in total. The Labute approximate surface area is 87.2 Å². The van der Waals surface area contributed by atoms with E-state index in [1.807, 2.05) is 13.8 Å². The first-order valence-electron chi connectivity index (χ1n) is 3.86. The van der Waals surface area contributed by atoms with Crippen molar-refractivity contribution in [1.29, 1.82) is 0 Å². The first-order valence-corrected chi connectivity index (χ1v) is 7.36. The number of rotatable bonds is 1. The summed E-state index contributed by atoms with van der Waals surface area (Å²) in [6, 6.07) is 0. The van der Waals surface area contributed by atoms with Crippen molar-refractivity contribution in [3.05, 3.63) is 11.5 Å². The van der Waals surface area contributed by atoms with Gasteiger partial charge in [-0.3, -0.25) is 0 Å². The molecule has 0 N–H and O–H groups in total. The Morgan fingerprint density at radius 1 is 1.33 bits per heavy atom. The minimum atomic E-state index is -1.38. The van der Waals surface area contributed by atoms with Crippen LogP contribution < -0.4 is 24.0 Å². The Balaban J connectivity index is 0.00000121. The first kappa shape index (κ1) is 12.2. The molecule has 0 fully saturated rings.